The first-order chi connectivity index (χ1) is 5.70. The molecule has 0 aliphatic heterocycles. The lowest BCUT2D eigenvalue weighted by Gasteiger charge is -2.23. The molecule has 12 heavy (non-hydrogen) atoms. The minimum atomic E-state index is 0.684. The zero-order chi connectivity index (χ0) is 8.97. The highest BCUT2D eigenvalue weighted by Crippen LogP contribution is 2.21. The van der Waals surface area contributed by atoms with E-state index in [1.807, 2.05) is 0 Å². The van der Waals surface area contributed by atoms with Crippen molar-refractivity contribution in [1.82, 2.24) is 5.01 Å². The van der Waals surface area contributed by atoms with E-state index in [9.17, 15) is 0 Å². The van der Waals surface area contributed by atoms with Gasteiger partial charge in [0.15, 0.2) is 0 Å². The molecule has 0 radical (unpaired) electrons. The lowest BCUT2D eigenvalue weighted by atomic mass is 10.1. The van der Waals surface area contributed by atoms with Crippen LogP contribution in [0.2, 0.25) is 0 Å². The van der Waals surface area contributed by atoms with Gasteiger partial charge in [-0.1, -0.05) is 26.7 Å². The van der Waals surface area contributed by atoms with Gasteiger partial charge in [0.1, 0.15) is 0 Å². The van der Waals surface area contributed by atoms with Crippen LogP contribution in [0.25, 0.3) is 0 Å². The monoisotopic (exact) mass is 170 g/mol. The van der Waals surface area contributed by atoms with Crippen LogP contribution >= 0.6 is 0 Å². The van der Waals surface area contributed by atoms with E-state index in [0.717, 1.165) is 12.5 Å². The summed E-state index contributed by atoms with van der Waals surface area (Å²) >= 11 is 0. The summed E-state index contributed by atoms with van der Waals surface area (Å²) in [6.45, 7) is 5.58. The summed E-state index contributed by atoms with van der Waals surface area (Å²) in [7, 11) is 0. The fourth-order valence-corrected chi connectivity index (χ4v) is 1.83. The molecule has 0 bridgehead atoms. The zero-order valence-electron chi connectivity index (χ0n) is 8.42. The Morgan fingerprint density at radius 2 is 1.92 bits per heavy atom. The van der Waals surface area contributed by atoms with Crippen molar-refractivity contribution in [2.45, 2.75) is 52.0 Å². The Balaban J connectivity index is 2.13. The van der Waals surface area contributed by atoms with Crippen LogP contribution in [0.3, 0.4) is 0 Å². The quantitative estimate of drug-likeness (QED) is 0.517. The number of nitrogens with zero attached hydrogens (tertiary/aromatic N) is 1. The predicted octanol–water partition coefficient (Wildman–Crippen LogP) is 2.15. The topological polar surface area (TPSA) is 29.3 Å². The molecule has 1 rings (SSSR count). The average molecular weight is 170 g/mol. The van der Waals surface area contributed by atoms with Gasteiger partial charge < -0.3 is 0 Å². The minimum absolute atomic E-state index is 0.684. The van der Waals surface area contributed by atoms with Crippen molar-refractivity contribution in [3.63, 3.8) is 0 Å². The molecule has 2 heteroatoms. The summed E-state index contributed by atoms with van der Waals surface area (Å²) < 4.78 is 0. The van der Waals surface area contributed by atoms with Crippen LogP contribution in [0.1, 0.15) is 46.0 Å². The molecule has 2 nitrogen and oxygen atoms in total. The van der Waals surface area contributed by atoms with Gasteiger partial charge in [-0.25, -0.2) is 5.01 Å². The number of hydrazine groups is 1. The molecule has 1 aliphatic rings. The molecule has 0 unspecified atom stereocenters. The maximum absolute atomic E-state index is 5.96. The van der Waals surface area contributed by atoms with Gasteiger partial charge in [-0.05, 0) is 25.2 Å². The molecule has 2 N–H and O–H groups in total. The Labute approximate surface area is 76.1 Å². The molecular weight excluding hydrogens is 148 g/mol. The van der Waals surface area contributed by atoms with E-state index >= 15 is 0 Å². The summed E-state index contributed by atoms with van der Waals surface area (Å²) in [5, 5.41) is 2.06. The van der Waals surface area contributed by atoms with Gasteiger partial charge >= 0.3 is 0 Å². The van der Waals surface area contributed by atoms with Crippen LogP contribution in [-0.2, 0) is 0 Å². The summed E-state index contributed by atoms with van der Waals surface area (Å²) in [6.07, 6.45) is 6.61. The normalized spacial score (nSPS) is 19.8. The van der Waals surface area contributed by atoms with Crippen molar-refractivity contribution in [3.8, 4) is 0 Å². The Morgan fingerprint density at radius 3 is 2.42 bits per heavy atom. The van der Waals surface area contributed by atoms with Gasteiger partial charge in [0, 0.05) is 12.6 Å². The van der Waals surface area contributed by atoms with Crippen LogP contribution < -0.4 is 5.84 Å². The molecule has 72 valence electrons. The van der Waals surface area contributed by atoms with Crippen molar-refractivity contribution >= 4 is 0 Å². The third-order valence-electron chi connectivity index (χ3n) is 2.76. The van der Waals surface area contributed by atoms with E-state index in [-0.39, 0.29) is 0 Å². The molecule has 0 aromatic rings. The molecule has 0 heterocycles. The van der Waals surface area contributed by atoms with E-state index in [4.69, 9.17) is 5.84 Å². The average Bonchev–Trinajstić information content (AvgIpc) is 2.51. The van der Waals surface area contributed by atoms with E-state index in [2.05, 4.69) is 18.9 Å². The second-order valence-corrected chi connectivity index (χ2v) is 4.36. The summed E-state index contributed by atoms with van der Waals surface area (Å²) in [5.74, 6) is 6.74. The molecule has 0 aromatic heterocycles. The first-order valence-electron chi connectivity index (χ1n) is 5.21. The van der Waals surface area contributed by atoms with E-state index in [1.54, 1.807) is 0 Å². The van der Waals surface area contributed by atoms with Crippen LogP contribution in [0, 0.1) is 5.92 Å². The lowest BCUT2D eigenvalue weighted by Crippen LogP contribution is -2.40. The van der Waals surface area contributed by atoms with Crippen LogP contribution in [0.4, 0.5) is 0 Å². The molecular formula is C10H22N2. The third-order valence-corrected chi connectivity index (χ3v) is 2.76. The van der Waals surface area contributed by atoms with Crippen LogP contribution in [0.15, 0.2) is 0 Å². The largest absolute Gasteiger partial charge is 0.269 e. The third kappa shape index (κ3) is 3.11. The predicted molar refractivity (Wildman–Crippen MR) is 52.6 cm³/mol. The van der Waals surface area contributed by atoms with Gasteiger partial charge in [0.25, 0.3) is 0 Å². The van der Waals surface area contributed by atoms with E-state index < -0.39 is 0 Å². The molecule has 1 aliphatic carbocycles. The Kier molecular flexibility index (Phi) is 4.02. The SMILES string of the molecule is CC(C)CCN(N)C1CCCC1. The molecule has 0 aromatic carbocycles. The number of hydrogen-bond donors (Lipinski definition) is 1. The van der Waals surface area contributed by atoms with Crippen molar-refractivity contribution in [1.29, 1.82) is 0 Å². The standard InChI is InChI=1S/C10H22N2/c1-9(2)7-8-12(11)10-5-3-4-6-10/h9-10H,3-8,11H2,1-2H3. The Bertz CT molecular complexity index is 117. The minimum Gasteiger partial charge on any atom is -0.269 e. The zero-order valence-corrected chi connectivity index (χ0v) is 8.42. The lowest BCUT2D eigenvalue weighted by molar-refractivity contribution is 0.192. The van der Waals surface area contributed by atoms with Gasteiger partial charge in [0.2, 0.25) is 0 Å². The molecule has 0 spiro atoms. The van der Waals surface area contributed by atoms with Crippen molar-refractivity contribution in [2.24, 2.45) is 11.8 Å². The Hall–Kier alpha value is -0.0800. The van der Waals surface area contributed by atoms with Gasteiger partial charge in [0.05, 0.1) is 0 Å². The number of nitrogens with two attached hydrogens (primary N) is 1. The highest BCUT2D eigenvalue weighted by Gasteiger charge is 2.19. The smallest absolute Gasteiger partial charge is 0.0241 e. The summed E-state index contributed by atoms with van der Waals surface area (Å²) in [5.41, 5.74) is 0. The molecule has 0 amide bonds. The van der Waals surface area contributed by atoms with Crippen molar-refractivity contribution in [2.75, 3.05) is 6.54 Å². The molecule has 1 saturated carbocycles. The van der Waals surface area contributed by atoms with Gasteiger partial charge in [-0.15, -0.1) is 0 Å². The van der Waals surface area contributed by atoms with Crippen molar-refractivity contribution < 1.29 is 0 Å². The van der Waals surface area contributed by atoms with Gasteiger partial charge in [-0.3, -0.25) is 5.84 Å². The van der Waals surface area contributed by atoms with E-state index in [1.165, 1.54) is 32.1 Å². The molecule has 0 atom stereocenters. The van der Waals surface area contributed by atoms with E-state index in [0.29, 0.717) is 6.04 Å². The first kappa shape index (κ1) is 10.0. The highest BCUT2D eigenvalue weighted by molar-refractivity contribution is 4.73. The maximum Gasteiger partial charge on any atom is 0.0241 e. The number of hydrogen-bond acceptors (Lipinski definition) is 2. The van der Waals surface area contributed by atoms with Gasteiger partial charge in [-0.2, -0.15) is 0 Å². The number of rotatable bonds is 4. The van der Waals surface area contributed by atoms with Crippen LogP contribution in [0.5, 0.6) is 0 Å². The fourth-order valence-electron chi connectivity index (χ4n) is 1.83. The summed E-state index contributed by atoms with van der Waals surface area (Å²) in [6, 6.07) is 0.684. The summed E-state index contributed by atoms with van der Waals surface area (Å²) in [4.78, 5) is 0. The molecule has 0 saturated heterocycles. The second kappa shape index (κ2) is 4.83. The van der Waals surface area contributed by atoms with Crippen molar-refractivity contribution in [3.05, 3.63) is 0 Å². The highest BCUT2D eigenvalue weighted by atomic mass is 15.4. The fraction of sp³-hybridized carbons (Fsp3) is 1.00. The Morgan fingerprint density at radius 1 is 1.33 bits per heavy atom. The molecule has 1 fully saturated rings. The second-order valence-electron chi connectivity index (χ2n) is 4.36. The maximum atomic E-state index is 5.96. The first-order valence-corrected chi connectivity index (χ1v) is 5.21. The van der Waals surface area contributed by atoms with Crippen LogP contribution in [-0.4, -0.2) is 17.6 Å².